The van der Waals surface area contributed by atoms with Gasteiger partial charge >= 0.3 is 0 Å². The van der Waals surface area contributed by atoms with Crippen molar-refractivity contribution >= 4 is 38.6 Å². The summed E-state index contributed by atoms with van der Waals surface area (Å²) < 4.78 is 14.6. The number of carbonyl (C=O) groups is 2. The first-order chi connectivity index (χ1) is 15.6. The molecule has 1 atom stereocenters. The van der Waals surface area contributed by atoms with Gasteiger partial charge in [-0.2, -0.15) is 0 Å². The maximum Gasteiger partial charge on any atom is 0.267 e. The molecule has 3 aromatic rings. The summed E-state index contributed by atoms with van der Waals surface area (Å²) in [6, 6.07) is 15.6. The minimum atomic E-state index is -0.645. The van der Waals surface area contributed by atoms with E-state index in [2.05, 4.69) is 38.7 Å². The highest BCUT2D eigenvalue weighted by Crippen LogP contribution is 2.31. The number of amides is 2. The second-order valence-electron chi connectivity index (χ2n) is 8.03. The Morgan fingerprint density at radius 2 is 1.72 bits per heavy atom. The molecule has 2 aliphatic rings. The number of para-hydroxylation sites is 2. The number of hydrogen-bond donors (Lipinski definition) is 0. The molecule has 1 aromatic heterocycles. The van der Waals surface area contributed by atoms with Crippen LogP contribution in [0.3, 0.4) is 0 Å². The summed E-state index contributed by atoms with van der Waals surface area (Å²) in [5.41, 5.74) is 1.11. The van der Waals surface area contributed by atoms with E-state index in [1.54, 1.807) is 11.0 Å². The van der Waals surface area contributed by atoms with Crippen LogP contribution in [0.15, 0.2) is 59.2 Å². The minimum Gasteiger partial charge on any atom is -0.485 e. The summed E-state index contributed by atoms with van der Waals surface area (Å²) in [5.74, 6) is 1.28. The van der Waals surface area contributed by atoms with Gasteiger partial charge in [-0.15, -0.1) is 0 Å². The van der Waals surface area contributed by atoms with Crippen LogP contribution >= 0.6 is 15.9 Å². The molecule has 1 saturated heterocycles. The second-order valence-corrected chi connectivity index (χ2v) is 8.95. The highest BCUT2D eigenvalue weighted by atomic mass is 79.9. The molecule has 8 heteroatoms. The van der Waals surface area contributed by atoms with Gasteiger partial charge in [0.25, 0.3) is 5.91 Å². The first-order valence-electron chi connectivity index (χ1n) is 10.8. The molecule has 166 valence electrons. The van der Waals surface area contributed by atoms with Crippen LogP contribution in [0.25, 0.3) is 10.9 Å². The topological polar surface area (TPSA) is 64.0 Å². The molecule has 0 radical (unpaired) electrons. The summed E-state index contributed by atoms with van der Waals surface area (Å²) >= 11 is 3.51. The molecule has 1 fully saturated rings. The lowest BCUT2D eigenvalue weighted by Crippen LogP contribution is -2.55. The van der Waals surface area contributed by atoms with Gasteiger partial charge in [0, 0.05) is 55.3 Å². The van der Waals surface area contributed by atoms with Crippen molar-refractivity contribution in [3.8, 4) is 11.5 Å². The third-order valence-corrected chi connectivity index (χ3v) is 6.52. The zero-order valence-electron chi connectivity index (χ0n) is 17.6. The lowest BCUT2D eigenvalue weighted by molar-refractivity contribution is -0.146. The lowest BCUT2D eigenvalue weighted by Gasteiger charge is -2.37. The van der Waals surface area contributed by atoms with Crippen molar-refractivity contribution in [2.24, 2.45) is 0 Å². The van der Waals surface area contributed by atoms with Gasteiger partial charge in [-0.1, -0.05) is 34.1 Å². The van der Waals surface area contributed by atoms with E-state index in [4.69, 9.17) is 9.47 Å². The first-order valence-corrected chi connectivity index (χ1v) is 11.6. The molecule has 0 aliphatic carbocycles. The Morgan fingerprint density at radius 3 is 2.53 bits per heavy atom. The first kappa shape index (κ1) is 20.9. The number of nitrogens with zero attached hydrogens (tertiary/aromatic N) is 3. The second kappa shape index (κ2) is 8.86. The maximum atomic E-state index is 12.9. The van der Waals surface area contributed by atoms with Gasteiger partial charge in [0.2, 0.25) is 12.0 Å². The van der Waals surface area contributed by atoms with E-state index in [1.165, 1.54) is 0 Å². The quantitative estimate of drug-likeness (QED) is 0.554. The normalized spacial score (nSPS) is 18.1. The van der Waals surface area contributed by atoms with Crippen LogP contribution in [0.2, 0.25) is 0 Å². The fourth-order valence-corrected chi connectivity index (χ4v) is 4.60. The Kier molecular flexibility index (Phi) is 5.78. The smallest absolute Gasteiger partial charge is 0.267 e. The van der Waals surface area contributed by atoms with Crippen molar-refractivity contribution in [1.29, 1.82) is 0 Å². The standard InChI is InChI=1S/C24H24BrN3O4/c25-18-6-5-17-7-9-26(19(17)15-18)10-8-23(29)27-11-13-28(14-12-27)24(30)22-16-31-20-3-1-2-4-21(20)32-22/h1-7,9,15,22H,8,10-14,16H2/t22-/m0/s1. The molecular formula is C24H24BrN3O4. The molecule has 2 amide bonds. The monoisotopic (exact) mass is 497 g/mol. The number of fused-ring (bicyclic) bond motifs is 2. The van der Waals surface area contributed by atoms with Gasteiger partial charge in [0.15, 0.2) is 11.5 Å². The zero-order valence-corrected chi connectivity index (χ0v) is 19.2. The van der Waals surface area contributed by atoms with Crippen LogP contribution < -0.4 is 9.47 Å². The van der Waals surface area contributed by atoms with Gasteiger partial charge in [-0.3, -0.25) is 9.59 Å². The van der Waals surface area contributed by atoms with Crippen LogP contribution in [0, 0.1) is 0 Å². The van der Waals surface area contributed by atoms with Crippen LogP contribution in [0.5, 0.6) is 11.5 Å². The third kappa shape index (κ3) is 4.19. The van der Waals surface area contributed by atoms with E-state index in [0.717, 1.165) is 15.4 Å². The average molecular weight is 498 g/mol. The van der Waals surface area contributed by atoms with Crippen molar-refractivity contribution in [2.45, 2.75) is 19.1 Å². The van der Waals surface area contributed by atoms with Crippen LogP contribution in [-0.4, -0.2) is 65.1 Å². The van der Waals surface area contributed by atoms with Gasteiger partial charge in [0.05, 0.1) is 0 Å². The number of halogens is 1. The molecule has 32 heavy (non-hydrogen) atoms. The van der Waals surface area contributed by atoms with E-state index < -0.39 is 6.10 Å². The van der Waals surface area contributed by atoms with Crippen molar-refractivity contribution in [3.63, 3.8) is 0 Å². The van der Waals surface area contributed by atoms with Crippen LogP contribution in [-0.2, 0) is 16.1 Å². The summed E-state index contributed by atoms with van der Waals surface area (Å²) in [6.45, 7) is 2.91. The highest BCUT2D eigenvalue weighted by molar-refractivity contribution is 9.10. The summed E-state index contributed by atoms with van der Waals surface area (Å²) in [4.78, 5) is 29.3. The van der Waals surface area contributed by atoms with E-state index in [0.29, 0.717) is 50.6 Å². The Morgan fingerprint density at radius 1 is 0.969 bits per heavy atom. The Bertz CT molecular complexity index is 1150. The number of benzene rings is 2. The van der Waals surface area contributed by atoms with Crippen molar-refractivity contribution in [1.82, 2.24) is 14.4 Å². The van der Waals surface area contributed by atoms with E-state index in [-0.39, 0.29) is 18.4 Å². The van der Waals surface area contributed by atoms with Gasteiger partial charge < -0.3 is 23.8 Å². The molecule has 0 N–H and O–H groups in total. The largest absolute Gasteiger partial charge is 0.485 e. The molecule has 2 aliphatic heterocycles. The van der Waals surface area contributed by atoms with Gasteiger partial charge in [0.1, 0.15) is 6.61 Å². The number of aryl methyl sites for hydroxylation is 1. The molecule has 5 rings (SSSR count). The number of hydrogen-bond acceptors (Lipinski definition) is 4. The fourth-order valence-electron chi connectivity index (χ4n) is 4.25. The Labute approximate surface area is 194 Å². The predicted molar refractivity (Wildman–Crippen MR) is 124 cm³/mol. The van der Waals surface area contributed by atoms with E-state index in [9.17, 15) is 9.59 Å². The highest BCUT2D eigenvalue weighted by Gasteiger charge is 2.33. The molecule has 2 aromatic carbocycles. The van der Waals surface area contributed by atoms with Crippen LogP contribution in [0.4, 0.5) is 0 Å². The average Bonchev–Trinajstić information content (AvgIpc) is 3.23. The molecule has 0 saturated carbocycles. The van der Waals surface area contributed by atoms with Crippen molar-refractivity contribution in [2.75, 3.05) is 32.8 Å². The maximum absolute atomic E-state index is 12.9. The van der Waals surface area contributed by atoms with Crippen LogP contribution in [0.1, 0.15) is 6.42 Å². The predicted octanol–water partition coefficient (Wildman–Crippen LogP) is 3.30. The fraction of sp³-hybridized carbons (Fsp3) is 0.333. The lowest BCUT2D eigenvalue weighted by atomic mass is 10.2. The van der Waals surface area contributed by atoms with Crippen molar-refractivity contribution < 1.29 is 19.1 Å². The summed E-state index contributed by atoms with van der Waals surface area (Å²) in [6.07, 6.45) is 1.81. The molecule has 0 unspecified atom stereocenters. The number of piperazine rings is 1. The molecular weight excluding hydrogens is 474 g/mol. The SMILES string of the molecule is O=C(CCn1ccc2ccc(Br)cc21)N1CCN(C(=O)[C@@H]2COc3ccccc3O2)CC1. The Balaban J connectivity index is 1.13. The Hall–Kier alpha value is -3.00. The summed E-state index contributed by atoms with van der Waals surface area (Å²) in [5, 5.41) is 1.16. The number of ether oxygens (including phenoxy) is 2. The molecule has 0 bridgehead atoms. The van der Waals surface area contributed by atoms with E-state index >= 15 is 0 Å². The molecule has 0 spiro atoms. The third-order valence-electron chi connectivity index (χ3n) is 6.03. The summed E-state index contributed by atoms with van der Waals surface area (Å²) in [7, 11) is 0. The molecule has 3 heterocycles. The van der Waals surface area contributed by atoms with E-state index in [1.807, 2.05) is 35.4 Å². The van der Waals surface area contributed by atoms with Gasteiger partial charge in [-0.25, -0.2) is 0 Å². The minimum absolute atomic E-state index is 0.0870. The van der Waals surface area contributed by atoms with Gasteiger partial charge in [-0.05, 0) is 35.7 Å². The van der Waals surface area contributed by atoms with Crippen molar-refractivity contribution in [3.05, 3.63) is 59.2 Å². The molecule has 7 nitrogen and oxygen atoms in total. The number of aromatic nitrogens is 1. The number of rotatable bonds is 4. The zero-order chi connectivity index (χ0) is 22.1. The number of carbonyl (C=O) groups excluding carboxylic acids is 2.